The van der Waals surface area contributed by atoms with Gasteiger partial charge in [0.15, 0.2) is 5.75 Å². The van der Waals surface area contributed by atoms with Crippen molar-refractivity contribution in [2.24, 2.45) is 10.2 Å². The number of anilines is 2. The van der Waals surface area contributed by atoms with E-state index in [-0.39, 0.29) is 27.6 Å². The van der Waals surface area contributed by atoms with Gasteiger partial charge in [0.25, 0.3) is 5.13 Å². The number of unbranched alkanes of at least 4 members (excludes halogenated alkanes) is 1. The molecule has 0 spiro atoms. The van der Waals surface area contributed by atoms with Crippen LogP contribution in [0.25, 0.3) is 0 Å². The molecular weight excluding hydrogens is 521 g/mol. The highest BCUT2D eigenvalue weighted by molar-refractivity contribution is 7.92. The van der Waals surface area contributed by atoms with Gasteiger partial charge >= 0.3 is 12.1 Å². The van der Waals surface area contributed by atoms with E-state index in [1.165, 1.54) is 6.07 Å². The molecule has 1 aromatic heterocycles. The lowest BCUT2D eigenvalue weighted by molar-refractivity contribution is -0.106. The molecule has 0 radical (unpaired) electrons. The summed E-state index contributed by atoms with van der Waals surface area (Å²) in [4.78, 5) is 14.1. The minimum absolute atomic E-state index is 0.00269. The SMILES string of the molecule is CCCCN1CCCc2cc(N=Nc3nnc(C(=O)OC(C)C)s3)c(NS(=O)(=O)CC(F)(F)F)cc21. The van der Waals surface area contributed by atoms with Crippen molar-refractivity contribution in [2.75, 3.05) is 28.5 Å². The Kier molecular flexibility index (Phi) is 8.87. The topological polar surface area (TPSA) is 126 Å². The lowest BCUT2D eigenvalue weighted by atomic mass is 10.00. The number of esters is 1. The Labute approximate surface area is 211 Å². The Morgan fingerprint density at radius 2 is 2.03 bits per heavy atom. The Hall–Kier alpha value is -2.81. The molecular formula is C21H27F3N6O4S2. The first-order valence-electron chi connectivity index (χ1n) is 11.3. The molecule has 1 aliphatic rings. The second-order valence-corrected chi connectivity index (χ2v) is 11.1. The number of aromatic nitrogens is 2. The van der Waals surface area contributed by atoms with Gasteiger partial charge < -0.3 is 9.64 Å². The van der Waals surface area contributed by atoms with Crippen molar-refractivity contribution in [3.63, 3.8) is 0 Å². The van der Waals surface area contributed by atoms with Crippen LogP contribution in [-0.2, 0) is 21.2 Å². The summed E-state index contributed by atoms with van der Waals surface area (Å²) in [5.74, 6) is -2.71. The molecule has 0 amide bonds. The van der Waals surface area contributed by atoms with Crippen molar-refractivity contribution >= 4 is 49.5 Å². The third-order valence-electron chi connectivity index (χ3n) is 4.99. The molecule has 0 aliphatic carbocycles. The summed E-state index contributed by atoms with van der Waals surface area (Å²) < 4.78 is 70.0. The van der Waals surface area contributed by atoms with Crippen LogP contribution in [0.15, 0.2) is 22.4 Å². The lowest BCUT2D eigenvalue weighted by Crippen LogP contribution is -2.31. The van der Waals surface area contributed by atoms with E-state index in [1.54, 1.807) is 19.9 Å². The predicted octanol–water partition coefficient (Wildman–Crippen LogP) is 5.38. The average molecular weight is 549 g/mol. The molecule has 1 N–H and O–H groups in total. The number of azo groups is 1. The summed E-state index contributed by atoms with van der Waals surface area (Å²) in [7, 11) is -4.76. The van der Waals surface area contributed by atoms with E-state index in [9.17, 15) is 26.4 Å². The van der Waals surface area contributed by atoms with Crippen LogP contribution in [0.5, 0.6) is 0 Å². The van der Waals surface area contributed by atoms with Crippen LogP contribution in [0.2, 0.25) is 0 Å². The first-order valence-corrected chi connectivity index (χ1v) is 13.8. The number of alkyl halides is 3. The molecule has 36 heavy (non-hydrogen) atoms. The smallest absolute Gasteiger partial charge is 0.404 e. The lowest BCUT2D eigenvalue weighted by Gasteiger charge is -2.32. The van der Waals surface area contributed by atoms with Crippen LogP contribution in [0, 0.1) is 0 Å². The van der Waals surface area contributed by atoms with E-state index in [0.717, 1.165) is 54.9 Å². The monoisotopic (exact) mass is 548 g/mol. The van der Waals surface area contributed by atoms with Crippen molar-refractivity contribution < 1.29 is 31.1 Å². The van der Waals surface area contributed by atoms with Crippen LogP contribution in [0.4, 0.5) is 35.4 Å². The number of nitrogens with one attached hydrogen (secondary N) is 1. The number of hydrogen-bond acceptors (Lipinski definition) is 10. The molecule has 0 saturated carbocycles. The highest BCUT2D eigenvalue weighted by Crippen LogP contribution is 2.39. The third-order valence-corrected chi connectivity index (χ3v) is 7.01. The predicted molar refractivity (Wildman–Crippen MR) is 130 cm³/mol. The molecule has 3 rings (SSSR count). The zero-order chi connectivity index (χ0) is 26.5. The number of carbonyl (C=O) groups excluding carboxylic acids is 1. The van der Waals surface area contributed by atoms with Gasteiger partial charge in [-0.3, -0.25) is 4.72 Å². The van der Waals surface area contributed by atoms with Crippen LogP contribution in [0.1, 0.15) is 55.4 Å². The molecule has 15 heteroatoms. The van der Waals surface area contributed by atoms with Gasteiger partial charge in [-0.15, -0.1) is 20.4 Å². The minimum Gasteiger partial charge on any atom is -0.458 e. The van der Waals surface area contributed by atoms with Crippen LogP contribution < -0.4 is 9.62 Å². The van der Waals surface area contributed by atoms with Gasteiger partial charge in [0.2, 0.25) is 15.0 Å². The fourth-order valence-corrected chi connectivity index (χ4v) is 5.11. The molecule has 198 valence electrons. The Balaban J connectivity index is 1.96. The van der Waals surface area contributed by atoms with Crippen molar-refractivity contribution in [1.29, 1.82) is 0 Å². The first-order chi connectivity index (χ1) is 16.9. The van der Waals surface area contributed by atoms with Crippen LogP contribution in [0.3, 0.4) is 0 Å². The summed E-state index contributed by atoms with van der Waals surface area (Å²) >= 11 is 0.815. The summed E-state index contributed by atoms with van der Waals surface area (Å²) in [6, 6.07) is 3.11. The standard InChI is InChI=1S/C21H27F3N6O4S2/c1-4-5-8-30-9-6-7-14-10-15(16(11-17(14)30)29-36(32,33)12-21(22,23)24)25-27-20-28-26-18(35-20)19(31)34-13(2)3/h10-11,13,29H,4-9,12H2,1-3H3. The van der Waals surface area contributed by atoms with Crippen molar-refractivity contribution in [3.05, 3.63) is 22.7 Å². The third kappa shape index (κ3) is 7.85. The number of benzene rings is 1. The fourth-order valence-electron chi connectivity index (χ4n) is 3.56. The summed E-state index contributed by atoms with van der Waals surface area (Å²) in [6.07, 6.45) is -1.84. The van der Waals surface area contributed by atoms with Crippen LogP contribution >= 0.6 is 11.3 Å². The Morgan fingerprint density at radius 3 is 2.69 bits per heavy atom. The number of nitrogens with zero attached hydrogens (tertiary/aromatic N) is 5. The second kappa shape index (κ2) is 11.5. The van der Waals surface area contributed by atoms with Crippen molar-refractivity contribution in [1.82, 2.24) is 10.2 Å². The van der Waals surface area contributed by atoms with Crippen molar-refractivity contribution in [3.8, 4) is 0 Å². The quantitative estimate of drug-likeness (QED) is 0.312. The molecule has 0 atom stereocenters. The molecule has 1 aliphatic heterocycles. The highest BCUT2D eigenvalue weighted by atomic mass is 32.2. The molecule has 2 heterocycles. The number of hydrogen-bond donors (Lipinski definition) is 1. The van der Waals surface area contributed by atoms with Gasteiger partial charge in [0.05, 0.1) is 11.8 Å². The maximum Gasteiger partial charge on any atom is 0.404 e. The molecule has 0 bridgehead atoms. The molecule has 1 aromatic carbocycles. The van der Waals surface area contributed by atoms with Gasteiger partial charge in [0, 0.05) is 18.8 Å². The summed E-state index contributed by atoms with van der Waals surface area (Å²) in [5.41, 5.74) is 1.52. The largest absolute Gasteiger partial charge is 0.458 e. The fraction of sp³-hybridized carbons (Fsp3) is 0.571. The first kappa shape index (κ1) is 27.8. The van der Waals surface area contributed by atoms with Gasteiger partial charge in [-0.05, 0) is 50.8 Å². The minimum atomic E-state index is -4.91. The molecule has 2 aromatic rings. The normalized spacial score (nSPS) is 14.4. The summed E-state index contributed by atoms with van der Waals surface area (Å²) in [5, 5.41) is 15.4. The van der Waals surface area contributed by atoms with E-state index in [2.05, 4.69) is 25.3 Å². The highest BCUT2D eigenvalue weighted by Gasteiger charge is 2.35. The van der Waals surface area contributed by atoms with Gasteiger partial charge in [-0.1, -0.05) is 24.7 Å². The molecule has 0 unspecified atom stereocenters. The zero-order valence-corrected chi connectivity index (χ0v) is 21.6. The van der Waals surface area contributed by atoms with E-state index in [4.69, 9.17) is 4.74 Å². The number of fused-ring (bicyclic) bond motifs is 1. The van der Waals surface area contributed by atoms with E-state index in [0.29, 0.717) is 6.42 Å². The number of sulfonamides is 1. The number of rotatable bonds is 10. The molecule has 0 fully saturated rings. The average Bonchev–Trinajstić information content (AvgIpc) is 3.23. The number of ether oxygens (including phenoxy) is 1. The van der Waals surface area contributed by atoms with E-state index < -0.39 is 27.9 Å². The van der Waals surface area contributed by atoms with Gasteiger partial charge in [0.1, 0.15) is 5.69 Å². The number of carbonyl (C=O) groups is 1. The van der Waals surface area contributed by atoms with Crippen molar-refractivity contribution in [2.45, 2.75) is 58.7 Å². The van der Waals surface area contributed by atoms with Gasteiger partial charge in [-0.2, -0.15) is 13.2 Å². The zero-order valence-electron chi connectivity index (χ0n) is 20.0. The Morgan fingerprint density at radius 1 is 1.28 bits per heavy atom. The molecule has 0 saturated heterocycles. The maximum atomic E-state index is 12.8. The van der Waals surface area contributed by atoms with E-state index >= 15 is 0 Å². The maximum absolute atomic E-state index is 12.8. The number of halogens is 3. The number of aryl methyl sites for hydroxylation is 1. The summed E-state index contributed by atoms with van der Waals surface area (Å²) in [6.45, 7) is 6.90. The second-order valence-electron chi connectivity index (χ2n) is 8.46. The van der Waals surface area contributed by atoms with Crippen LogP contribution in [-0.4, -0.2) is 55.7 Å². The Bertz CT molecular complexity index is 1210. The van der Waals surface area contributed by atoms with Gasteiger partial charge in [-0.25, -0.2) is 13.2 Å². The molecule has 10 nitrogen and oxygen atoms in total. The van der Waals surface area contributed by atoms with E-state index in [1.807, 2.05) is 11.6 Å².